The van der Waals surface area contributed by atoms with E-state index in [1.165, 1.54) is 4.90 Å². The Labute approximate surface area is 191 Å². The van der Waals surface area contributed by atoms with Crippen molar-refractivity contribution in [2.75, 3.05) is 6.54 Å². The van der Waals surface area contributed by atoms with Gasteiger partial charge in [-0.2, -0.15) is 0 Å². The van der Waals surface area contributed by atoms with Crippen molar-refractivity contribution in [1.82, 2.24) is 10.2 Å². The van der Waals surface area contributed by atoms with Gasteiger partial charge in [0.25, 0.3) is 0 Å². The SMILES string of the molecule is CCNC(=O)C(CC)N(Cc1ccc(Cl)cc1Cl)C(=O)Cc1c(Cl)cccc1Cl. The first-order chi connectivity index (χ1) is 13.8. The fraction of sp³-hybridized carbons (Fsp3) is 0.333. The number of rotatable bonds is 8. The molecule has 0 aliphatic carbocycles. The van der Waals surface area contributed by atoms with Gasteiger partial charge >= 0.3 is 0 Å². The number of likely N-dealkylation sites (N-methyl/N-ethyl adjacent to an activating group) is 1. The van der Waals surface area contributed by atoms with Crippen molar-refractivity contribution < 1.29 is 9.59 Å². The Balaban J connectivity index is 2.39. The number of halogens is 4. The van der Waals surface area contributed by atoms with E-state index in [0.717, 1.165) is 0 Å². The number of carbonyl (C=O) groups excluding carboxylic acids is 2. The van der Waals surface area contributed by atoms with Gasteiger partial charge in [0.05, 0.1) is 6.42 Å². The minimum atomic E-state index is -0.657. The van der Waals surface area contributed by atoms with Gasteiger partial charge in [-0.3, -0.25) is 9.59 Å². The van der Waals surface area contributed by atoms with Crippen LogP contribution in [0.15, 0.2) is 36.4 Å². The molecule has 0 saturated heterocycles. The first kappa shape index (κ1) is 23.8. The van der Waals surface area contributed by atoms with Gasteiger partial charge in [0.15, 0.2) is 0 Å². The van der Waals surface area contributed by atoms with Crippen molar-refractivity contribution in [2.45, 2.75) is 39.3 Å². The van der Waals surface area contributed by atoms with Crippen molar-refractivity contribution >= 4 is 58.2 Å². The highest BCUT2D eigenvalue weighted by Crippen LogP contribution is 2.27. The van der Waals surface area contributed by atoms with E-state index >= 15 is 0 Å². The molecule has 0 radical (unpaired) electrons. The zero-order valence-corrected chi connectivity index (χ0v) is 19.2. The maximum absolute atomic E-state index is 13.3. The summed E-state index contributed by atoms with van der Waals surface area (Å²) in [5.74, 6) is -0.497. The third-order valence-electron chi connectivity index (χ3n) is 4.48. The normalized spacial score (nSPS) is 11.8. The summed E-state index contributed by atoms with van der Waals surface area (Å²) in [4.78, 5) is 27.4. The Bertz CT molecular complexity index is 869. The molecule has 29 heavy (non-hydrogen) atoms. The lowest BCUT2D eigenvalue weighted by molar-refractivity contribution is -0.140. The molecule has 2 amide bonds. The van der Waals surface area contributed by atoms with Gasteiger partial charge < -0.3 is 10.2 Å². The van der Waals surface area contributed by atoms with E-state index in [1.807, 2.05) is 13.8 Å². The topological polar surface area (TPSA) is 49.4 Å². The number of nitrogens with zero attached hydrogens (tertiary/aromatic N) is 1. The van der Waals surface area contributed by atoms with E-state index in [2.05, 4.69) is 5.32 Å². The molecule has 1 atom stereocenters. The molecule has 156 valence electrons. The van der Waals surface area contributed by atoms with Crippen molar-refractivity contribution in [3.05, 3.63) is 67.6 Å². The zero-order chi connectivity index (χ0) is 21.6. The van der Waals surface area contributed by atoms with Crippen LogP contribution in [0.3, 0.4) is 0 Å². The molecule has 8 heteroatoms. The summed E-state index contributed by atoms with van der Waals surface area (Å²) < 4.78 is 0. The fourth-order valence-electron chi connectivity index (χ4n) is 3.00. The van der Waals surface area contributed by atoms with Crippen LogP contribution < -0.4 is 5.32 Å². The average Bonchev–Trinajstić information content (AvgIpc) is 2.66. The zero-order valence-electron chi connectivity index (χ0n) is 16.1. The number of benzene rings is 2. The first-order valence-electron chi connectivity index (χ1n) is 9.22. The largest absolute Gasteiger partial charge is 0.355 e. The van der Waals surface area contributed by atoms with Crippen molar-refractivity contribution in [1.29, 1.82) is 0 Å². The lowest BCUT2D eigenvalue weighted by atomic mass is 10.1. The van der Waals surface area contributed by atoms with E-state index in [0.29, 0.717) is 44.2 Å². The smallest absolute Gasteiger partial charge is 0.242 e. The summed E-state index contributed by atoms with van der Waals surface area (Å²) in [6.07, 6.45) is 0.415. The van der Waals surface area contributed by atoms with E-state index in [9.17, 15) is 9.59 Å². The highest BCUT2D eigenvalue weighted by atomic mass is 35.5. The summed E-state index contributed by atoms with van der Waals surface area (Å²) in [6.45, 7) is 4.31. The molecule has 0 spiro atoms. The molecule has 0 saturated carbocycles. The molecule has 0 aromatic heterocycles. The maximum atomic E-state index is 13.3. The van der Waals surface area contributed by atoms with Crippen LogP contribution in [0.2, 0.25) is 20.1 Å². The van der Waals surface area contributed by atoms with Gasteiger partial charge in [-0.15, -0.1) is 0 Å². The molecule has 0 bridgehead atoms. The number of hydrogen-bond donors (Lipinski definition) is 1. The Morgan fingerprint density at radius 1 is 1.00 bits per heavy atom. The van der Waals surface area contributed by atoms with E-state index in [4.69, 9.17) is 46.4 Å². The lowest BCUT2D eigenvalue weighted by Crippen LogP contribution is -2.49. The van der Waals surface area contributed by atoms with E-state index < -0.39 is 6.04 Å². The summed E-state index contributed by atoms with van der Waals surface area (Å²) in [7, 11) is 0. The molecule has 0 aliphatic rings. The number of carbonyl (C=O) groups is 2. The molecule has 4 nitrogen and oxygen atoms in total. The second-order valence-corrected chi connectivity index (χ2v) is 8.11. The molecular weight excluding hydrogens is 454 g/mol. The van der Waals surface area contributed by atoms with Gasteiger partial charge in [0.2, 0.25) is 11.8 Å². The van der Waals surface area contributed by atoms with Crippen LogP contribution in [-0.4, -0.2) is 29.3 Å². The van der Waals surface area contributed by atoms with Crippen molar-refractivity contribution in [2.24, 2.45) is 0 Å². The lowest BCUT2D eigenvalue weighted by Gasteiger charge is -2.31. The van der Waals surface area contributed by atoms with Crippen molar-refractivity contribution in [3.8, 4) is 0 Å². The highest BCUT2D eigenvalue weighted by molar-refractivity contribution is 6.36. The maximum Gasteiger partial charge on any atom is 0.242 e. The second kappa shape index (κ2) is 11.1. The van der Waals surface area contributed by atoms with E-state index in [1.54, 1.807) is 36.4 Å². The predicted molar refractivity (Wildman–Crippen MR) is 120 cm³/mol. The summed E-state index contributed by atoms with van der Waals surface area (Å²) in [5, 5.41) is 4.52. The highest BCUT2D eigenvalue weighted by Gasteiger charge is 2.29. The monoisotopic (exact) mass is 474 g/mol. The number of hydrogen-bond acceptors (Lipinski definition) is 2. The molecule has 0 aliphatic heterocycles. The molecule has 0 heterocycles. The summed E-state index contributed by atoms with van der Waals surface area (Å²) in [5.41, 5.74) is 1.22. The quantitative estimate of drug-likeness (QED) is 0.525. The minimum Gasteiger partial charge on any atom is -0.355 e. The molecule has 2 aromatic carbocycles. The second-order valence-electron chi connectivity index (χ2n) is 6.45. The Kier molecular flexibility index (Phi) is 9.09. The Morgan fingerprint density at radius 2 is 1.66 bits per heavy atom. The summed E-state index contributed by atoms with van der Waals surface area (Å²) in [6, 6.07) is 9.47. The summed E-state index contributed by atoms with van der Waals surface area (Å²) >= 11 is 24.8. The third kappa shape index (κ3) is 6.26. The first-order valence-corrected chi connectivity index (χ1v) is 10.7. The molecule has 2 aromatic rings. The minimum absolute atomic E-state index is 0.0282. The standard InChI is InChI=1S/C21H22Cl4N2O2/c1-3-19(21(29)26-4-2)27(12-13-8-9-14(22)10-18(13)25)20(28)11-15-16(23)6-5-7-17(15)24/h5-10,19H,3-4,11-12H2,1-2H3,(H,26,29). The van der Waals surface area contributed by atoms with Crippen molar-refractivity contribution in [3.63, 3.8) is 0 Å². The van der Waals surface area contributed by atoms with E-state index in [-0.39, 0.29) is 24.8 Å². The van der Waals surface area contributed by atoms with Gasteiger partial charge in [0.1, 0.15) is 6.04 Å². The average molecular weight is 476 g/mol. The molecular formula is C21H22Cl4N2O2. The third-order valence-corrected chi connectivity index (χ3v) is 5.78. The van der Waals surface area contributed by atoms with Gasteiger partial charge in [-0.05, 0) is 48.7 Å². The molecule has 2 rings (SSSR count). The van der Waals surface area contributed by atoms with Crippen LogP contribution in [0.25, 0.3) is 0 Å². The van der Waals surface area contributed by atoms with Crippen LogP contribution in [0, 0.1) is 0 Å². The van der Waals surface area contributed by atoms with Crippen LogP contribution in [-0.2, 0) is 22.6 Å². The van der Waals surface area contributed by atoms with Crippen LogP contribution in [0.5, 0.6) is 0 Å². The Hall–Kier alpha value is -1.46. The molecule has 1 N–H and O–H groups in total. The van der Waals surface area contributed by atoms with Gasteiger partial charge in [-0.1, -0.05) is 65.5 Å². The van der Waals surface area contributed by atoms with Crippen LogP contribution in [0.4, 0.5) is 0 Å². The Morgan fingerprint density at radius 3 is 2.21 bits per heavy atom. The van der Waals surface area contributed by atoms with Gasteiger partial charge in [-0.25, -0.2) is 0 Å². The van der Waals surface area contributed by atoms with Gasteiger partial charge in [0, 0.05) is 33.2 Å². The van der Waals surface area contributed by atoms with Crippen LogP contribution in [0.1, 0.15) is 31.4 Å². The number of nitrogens with one attached hydrogen (secondary N) is 1. The molecule has 0 fully saturated rings. The predicted octanol–water partition coefficient (Wildman–Crippen LogP) is 5.79. The van der Waals surface area contributed by atoms with Crippen LogP contribution >= 0.6 is 46.4 Å². The molecule has 1 unspecified atom stereocenters. The number of amides is 2. The fourth-order valence-corrected chi connectivity index (χ4v) is 4.00.